The summed E-state index contributed by atoms with van der Waals surface area (Å²) in [5, 5.41) is 14.9. The second-order valence-electron chi connectivity index (χ2n) is 5.38. The Morgan fingerprint density at radius 3 is 2.88 bits per heavy atom. The van der Waals surface area contributed by atoms with Crippen LogP contribution in [0.1, 0.15) is 16.2 Å². The Bertz CT molecular complexity index is 1020. The first kappa shape index (κ1) is 14.1. The van der Waals surface area contributed by atoms with Crippen LogP contribution in [-0.4, -0.2) is 30.9 Å². The van der Waals surface area contributed by atoms with Gasteiger partial charge in [-0.15, -0.1) is 0 Å². The van der Waals surface area contributed by atoms with Gasteiger partial charge in [-0.2, -0.15) is 10.2 Å². The van der Waals surface area contributed by atoms with Gasteiger partial charge in [-0.05, 0) is 31.2 Å². The molecule has 0 aliphatic rings. The molecule has 0 bridgehead atoms. The summed E-state index contributed by atoms with van der Waals surface area (Å²) in [4.78, 5) is 16.6. The van der Waals surface area contributed by atoms with Gasteiger partial charge in [0, 0.05) is 17.3 Å². The van der Waals surface area contributed by atoms with Crippen molar-refractivity contribution in [2.45, 2.75) is 6.92 Å². The van der Waals surface area contributed by atoms with Gasteiger partial charge in [0.05, 0.1) is 17.6 Å². The van der Waals surface area contributed by atoms with Gasteiger partial charge in [0.1, 0.15) is 0 Å². The molecule has 2 N–H and O–H groups in total. The maximum Gasteiger partial charge on any atom is 0.276 e. The fourth-order valence-electron chi connectivity index (χ4n) is 2.45. The molecular weight excluding hydrogens is 304 g/mol. The number of amides is 1. The Hall–Kier alpha value is -3.48. The predicted octanol–water partition coefficient (Wildman–Crippen LogP) is 2.70. The number of aromatic nitrogens is 5. The van der Waals surface area contributed by atoms with Gasteiger partial charge in [0.25, 0.3) is 5.91 Å². The molecule has 0 spiro atoms. The van der Waals surface area contributed by atoms with E-state index in [1.165, 1.54) is 0 Å². The number of nitrogens with one attached hydrogen (secondary N) is 2. The molecule has 0 fully saturated rings. The third kappa shape index (κ3) is 2.52. The zero-order valence-electron chi connectivity index (χ0n) is 12.9. The van der Waals surface area contributed by atoms with E-state index in [1.807, 2.05) is 43.3 Å². The number of H-pyrrole nitrogens is 1. The Morgan fingerprint density at radius 2 is 2.04 bits per heavy atom. The molecule has 7 nitrogen and oxygen atoms in total. The molecule has 0 unspecified atom stereocenters. The first-order valence-electron chi connectivity index (χ1n) is 7.44. The van der Waals surface area contributed by atoms with E-state index in [2.05, 4.69) is 25.6 Å². The van der Waals surface area contributed by atoms with Gasteiger partial charge in [0.2, 0.25) is 0 Å². The van der Waals surface area contributed by atoms with Crippen LogP contribution in [0.5, 0.6) is 0 Å². The molecule has 1 amide bonds. The van der Waals surface area contributed by atoms with Gasteiger partial charge < -0.3 is 5.32 Å². The predicted molar refractivity (Wildman–Crippen MR) is 90.1 cm³/mol. The van der Waals surface area contributed by atoms with Crippen molar-refractivity contribution in [1.82, 2.24) is 25.0 Å². The van der Waals surface area contributed by atoms with E-state index >= 15 is 0 Å². The SMILES string of the molecule is Cc1[nH]nc2ncc(NC(=O)c3ccn(-c4ccccc4)n3)cc12. The number of hydrogen-bond acceptors (Lipinski definition) is 4. The van der Waals surface area contributed by atoms with Crippen LogP contribution in [0.25, 0.3) is 16.7 Å². The quantitative estimate of drug-likeness (QED) is 0.608. The summed E-state index contributed by atoms with van der Waals surface area (Å²) >= 11 is 0. The number of aryl methyl sites for hydroxylation is 1. The maximum absolute atomic E-state index is 12.4. The average Bonchev–Trinajstić information content (AvgIpc) is 3.24. The normalized spacial score (nSPS) is 10.9. The molecule has 0 aliphatic carbocycles. The van der Waals surface area contributed by atoms with Crippen molar-refractivity contribution in [3.8, 4) is 5.69 Å². The highest BCUT2D eigenvalue weighted by atomic mass is 16.1. The van der Waals surface area contributed by atoms with Crippen LogP contribution < -0.4 is 5.32 Å². The number of pyridine rings is 1. The number of carbonyl (C=O) groups excluding carboxylic acids is 1. The summed E-state index contributed by atoms with van der Waals surface area (Å²) in [6.45, 7) is 1.91. The van der Waals surface area contributed by atoms with E-state index in [4.69, 9.17) is 0 Å². The number of anilines is 1. The van der Waals surface area contributed by atoms with Crippen LogP contribution in [0.3, 0.4) is 0 Å². The smallest absolute Gasteiger partial charge is 0.276 e. The zero-order chi connectivity index (χ0) is 16.5. The van der Waals surface area contributed by atoms with Crippen molar-refractivity contribution in [2.24, 2.45) is 0 Å². The largest absolute Gasteiger partial charge is 0.319 e. The minimum Gasteiger partial charge on any atom is -0.319 e. The number of benzene rings is 1. The van der Waals surface area contributed by atoms with Crippen molar-refractivity contribution in [2.75, 3.05) is 5.32 Å². The number of nitrogens with zero attached hydrogens (tertiary/aromatic N) is 4. The van der Waals surface area contributed by atoms with Gasteiger partial charge >= 0.3 is 0 Å². The standard InChI is InChI=1S/C17H14N6O/c1-11-14-9-12(10-18-16(14)21-20-11)19-17(24)15-7-8-23(22-15)13-5-3-2-4-6-13/h2-10H,1H3,(H,19,24)(H,18,20,21). The summed E-state index contributed by atoms with van der Waals surface area (Å²) in [6, 6.07) is 13.1. The second-order valence-corrected chi connectivity index (χ2v) is 5.38. The van der Waals surface area contributed by atoms with Crippen molar-refractivity contribution >= 4 is 22.6 Å². The first-order valence-corrected chi connectivity index (χ1v) is 7.44. The van der Waals surface area contributed by atoms with Crippen LogP contribution >= 0.6 is 0 Å². The molecule has 3 aromatic heterocycles. The third-order valence-electron chi connectivity index (χ3n) is 3.70. The van der Waals surface area contributed by atoms with Crippen LogP contribution in [0.15, 0.2) is 54.9 Å². The highest BCUT2D eigenvalue weighted by Crippen LogP contribution is 2.18. The second kappa shape index (κ2) is 5.62. The van der Waals surface area contributed by atoms with E-state index in [0.717, 1.165) is 16.8 Å². The van der Waals surface area contributed by atoms with Crippen LogP contribution in [0.2, 0.25) is 0 Å². The van der Waals surface area contributed by atoms with E-state index in [-0.39, 0.29) is 5.91 Å². The zero-order valence-corrected chi connectivity index (χ0v) is 12.9. The van der Waals surface area contributed by atoms with E-state index in [0.29, 0.717) is 17.0 Å². The number of fused-ring (bicyclic) bond motifs is 1. The first-order chi connectivity index (χ1) is 11.7. The summed E-state index contributed by atoms with van der Waals surface area (Å²) < 4.78 is 1.66. The van der Waals surface area contributed by atoms with Crippen molar-refractivity contribution < 1.29 is 4.79 Å². The molecule has 0 aliphatic heterocycles. The van der Waals surface area contributed by atoms with Crippen LogP contribution in [-0.2, 0) is 0 Å². The molecule has 118 valence electrons. The highest BCUT2D eigenvalue weighted by Gasteiger charge is 2.12. The number of hydrogen-bond donors (Lipinski definition) is 2. The minimum absolute atomic E-state index is 0.285. The van der Waals surface area contributed by atoms with Crippen molar-refractivity contribution in [1.29, 1.82) is 0 Å². The number of rotatable bonds is 3. The fraction of sp³-hybridized carbons (Fsp3) is 0.0588. The summed E-state index contributed by atoms with van der Waals surface area (Å²) in [5.74, 6) is -0.285. The molecule has 0 saturated carbocycles. The van der Waals surface area contributed by atoms with E-state index in [9.17, 15) is 4.79 Å². The Morgan fingerprint density at radius 1 is 1.21 bits per heavy atom. The molecule has 4 aromatic rings. The number of carbonyl (C=O) groups is 1. The van der Waals surface area contributed by atoms with Crippen LogP contribution in [0, 0.1) is 6.92 Å². The lowest BCUT2D eigenvalue weighted by atomic mass is 10.2. The van der Waals surface area contributed by atoms with Crippen molar-refractivity contribution in [3.63, 3.8) is 0 Å². The van der Waals surface area contributed by atoms with E-state index in [1.54, 1.807) is 23.1 Å². The van der Waals surface area contributed by atoms with Gasteiger partial charge in [-0.1, -0.05) is 18.2 Å². The summed E-state index contributed by atoms with van der Waals surface area (Å²) in [7, 11) is 0. The lowest BCUT2D eigenvalue weighted by molar-refractivity contribution is 0.102. The molecule has 0 atom stereocenters. The molecule has 1 aromatic carbocycles. The Balaban J connectivity index is 1.57. The maximum atomic E-state index is 12.4. The Kier molecular flexibility index (Phi) is 3.31. The van der Waals surface area contributed by atoms with E-state index < -0.39 is 0 Å². The van der Waals surface area contributed by atoms with Crippen LogP contribution in [0.4, 0.5) is 5.69 Å². The third-order valence-corrected chi connectivity index (χ3v) is 3.70. The van der Waals surface area contributed by atoms with Gasteiger partial charge in [-0.3, -0.25) is 9.89 Å². The molecule has 24 heavy (non-hydrogen) atoms. The number of para-hydroxylation sites is 1. The molecule has 3 heterocycles. The lowest BCUT2D eigenvalue weighted by Crippen LogP contribution is -2.13. The molecule has 0 radical (unpaired) electrons. The highest BCUT2D eigenvalue weighted by molar-refractivity contribution is 6.03. The topological polar surface area (TPSA) is 88.5 Å². The minimum atomic E-state index is -0.285. The van der Waals surface area contributed by atoms with Gasteiger partial charge in [-0.25, -0.2) is 9.67 Å². The lowest BCUT2D eigenvalue weighted by Gasteiger charge is -2.03. The number of aromatic amines is 1. The fourth-order valence-corrected chi connectivity index (χ4v) is 2.45. The molecule has 4 rings (SSSR count). The summed E-state index contributed by atoms with van der Waals surface area (Å²) in [5.41, 5.74) is 3.36. The van der Waals surface area contributed by atoms with Crippen molar-refractivity contribution in [3.05, 3.63) is 66.2 Å². The average molecular weight is 318 g/mol. The molecule has 0 saturated heterocycles. The Labute approximate surface area is 137 Å². The summed E-state index contributed by atoms with van der Waals surface area (Å²) in [6.07, 6.45) is 3.33. The van der Waals surface area contributed by atoms with Gasteiger partial charge in [0.15, 0.2) is 11.3 Å². The monoisotopic (exact) mass is 318 g/mol. The molecule has 7 heteroatoms. The molecular formula is C17H14N6O.